The molecular formula is C24H22ClN7O3. The molecule has 35 heavy (non-hydrogen) atoms. The van der Waals surface area contributed by atoms with Crippen molar-refractivity contribution in [1.82, 2.24) is 24.8 Å². The van der Waals surface area contributed by atoms with Gasteiger partial charge in [0.15, 0.2) is 11.5 Å². The van der Waals surface area contributed by atoms with Crippen LogP contribution in [-0.4, -0.2) is 38.8 Å². The molecule has 0 unspecified atom stereocenters. The Labute approximate surface area is 206 Å². The van der Waals surface area contributed by atoms with Crippen LogP contribution in [0.3, 0.4) is 0 Å². The lowest BCUT2D eigenvalue weighted by Gasteiger charge is -2.16. The van der Waals surface area contributed by atoms with Crippen LogP contribution in [0.2, 0.25) is 5.02 Å². The Kier molecular flexibility index (Phi) is 6.21. The van der Waals surface area contributed by atoms with E-state index in [2.05, 4.69) is 25.6 Å². The number of fused-ring (bicyclic) bond motifs is 1. The van der Waals surface area contributed by atoms with E-state index in [0.29, 0.717) is 28.3 Å². The number of imidazole rings is 1. The van der Waals surface area contributed by atoms with Crippen LogP contribution in [0.5, 0.6) is 11.5 Å². The number of hydrogen-bond acceptors (Lipinski definition) is 8. The van der Waals surface area contributed by atoms with Gasteiger partial charge in [0.1, 0.15) is 17.8 Å². The van der Waals surface area contributed by atoms with Gasteiger partial charge in [-0.3, -0.25) is 9.36 Å². The number of carbonyl (C=O) groups excluding carboxylic acids is 1. The van der Waals surface area contributed by atoms with E-state index in [1.165, 1.54) is 6.33 Å². The lowest BCUT2D eigenvalue weighted by Crippen LogP contribution is -2.33. The summed E-state index contributed by atoms with van der Waals surface area (Å²) >= 11 is 6.08. The Hall–Kier alpha value is -4.15. The highest BCUT2D eigenvalue weighted by molar-refractivity contribution is 6.30. The summed E-state index contributed by atoms with van der Waals surface area (Å²) in [5.41, 5.74) is 8.50. The maximum Gasteiger partial charge on any atom is 0.272 e. The molecule has 11 heteroatoms. The Balaban J connectivity index is 1.33. The van der Waals surface area contributed by atoms with Crippen molar-refractivity contribution in [3.05, 3.63) is 83.0 Å². The lowest BCUT2D eigenvalue weighted by molar-refractivity contribution is 0.0933. The van der Waals surface area contributed by atoms with Crippen LogP contribution in [0.1, 0.15) is 27.7 Å². The molecule has 5 rings (SSSR count). The number of amides is 1. The Bertz CT molecular complexity index is 1390. The van der Waals surface area contributed by atoms with E-state index in [4.69, 9.17) is 26.8 Å². The Morgan fingerprint density at radius 2 is 2.06 bits per heavy atom. The normalized spacial score (nSPS) is 12.9. The largest absolute Gasteiger partial charge is 0.454 e. The van der Waals surface area contributed by atoms with Gasteiger partial charge in [0.05, 0.1) is 6.04 Å². The second kappa shape index (κ2) is 9.61. The summed E-state index contributed by atoms with van der Waals surface area (Å²) in [6.07, 6.45) is 4.84. The molecular weight excluding hydrogens is 470 g/mol. The first-order chi connectivity index (χ1) is 17.0. The molecule has 3 heterocycles. The van der Waals surface area contributed by atoms with Crippen molar-refractivity contribution in [3.8, 4) is 17.3 Å². The number of nitrogens with two attached hydrogens (primary N) is 1. The maximum absolute atomic E-state index is 12.9. The van der Waals surface area contributed by atoms with Crippen LogP contribution in [-0.2, 0) is 0 Å². The average Bonchev–Trinajstić information content (AvgIpc) is 3.53. The van der Waals surface area contributed by atoms with Gasteiger partial charge in [-0.25, -0.2) is 9.97 Å². The fraction of sp³-hybridized carbons (Fsp3) is 0.167. The SMILES string of the molecule is Cc1cnc(Nc2ccc3c(c2)OCO3)nc1-n1cnc(C(=O)N[C@H](CN)c2cccc(Cl)c2)c1. The third-order valence-electron chi connectivity index (χ3n) is 5.43. The fourth-order valence-corrected chi connectivity index (χ4v) is 3.85. The number of anilines is 2. The van der Waals surface area contributed by atoms with Crippen LogP contribution >= 0.6 is 11.6 Å². The molecule has 0 radical (unpaired) electrons. The highest BCUT2D eigenvalue weighted by Gasteiger charge is 2.18. The predicted octanol–water partition coefficient (Wildman–Crippen LogP) is 3.53. The molecule has 1 aliphatic rings. The minimum absolute atomic E-state index is 0.200. The quantitative estimate of drug-likeness (QED) is 0.358. The maximum atomic E-state index is 12.9. The van der Waals surface area contributed by atoms with Gasteiger partial charge in [-0.15, -0.1) is 0 Å². The van der Waals surface area contributed by atoms with E-state index >= 15 is 0 Å². The number of nitrogens with zero attached hydrogens (tertiary/aromatic N) is 4. The van der Waals surface area contributed by atoms with Crippen molar-refractivity contribution in [1.29, 1.82) is 0 Å². The van der Waals surface area contributed by atoms with Crippen LogP contribution < -0.4 is 25.8 Å². The number of benzene rings is 2. The number of rotatable bonds is 7. The molecule has 4 N–H and O–H groups in total. The summed E-state index contributed by atoms with van der Waals surface area (Å²) in [5.74, 6) is 1.96. The van der Waals surface area contributed by atoms with Gasteiger partial charge < -0.3 is 25.8 Å². The first-order valence-electron chi connectivity index (χ1n) is 10.8. The molecule has 0 spiro atoms. The average molecular weight is 492 g/mol. The molecule has 2 aromatic heterocycles. The summed E-state index contributed by atoms with van der Waals surface area (Å²) < 4.78 is 12.4. The number of ether oxygens (including phenoxy) is 2. The molecule has 178 valence electrons. The van der Waals surface area contributed by atoms with E-state index < -0.39 is 6.04 Å². The summed E-state index contributed by atoms with van der Waals surface area (Å²) in [5, 5.41) is 6.64. The minimum Gasteiger partial charge on any atom is -0.454 e. The zero-order valence-corrected chi connectivity index (χ0v) is 19.5. The van der Waals surface area contributed by atoms with E-state index in [0.717, 1.165) is 16.8 Å². The molecule has 0 saturated heterocycles. The van der Waals surface area contributed by atoms with E-state index in [1.807, 2.05) is 37.3 Å². The number of halogens is 1. The highest BCUT2D eigenvalue weighted by atomic mass is 35.5. The van der Waals surface area contributed by atoms with E-state index in [-0.39, 0.29) is 24.9 Å². The van der Waals surface area contributed by atoms with Crippen LogP contribution in [0, 0.1) is 6.92 Å². The van der Waals surface area contributed by atoms with Crippen molar-refractivity contribution in [2.45, 2.75) is 13.0 Å². The number of nitrogens with one attached hydrogen (secondary N) is 2. The van der Waals surface area contributed by atoms with Gasteiger partial charge in [0.2, 0.25) is 12.7 Å². The van der Waals surface area contributed by atoms with Gasteiger partial charge in [-0.1, -0.05) is 23.7 Å². The van der Waals surface area contributed by atoms with Gasteiger partial charge in [-0.05, 0) is 36.8 Å². The third-order valence-corrected chi connectivity index (χ3v) is 5.66. The van der Waals surface area contributed by atoms with Crippen molar-refractivity contribution >= 4 is 29.1 Å². The number of aryl methyl sites for hydroxylation is 1. The fourth-order valence-electron chi connectivity index (χ4n) is 3.65. The van der Waals surface area contributed by atoms with Gasteiger partial charge in [-0.2, -0.15) is 4.98 Å². The van der Waals surface area contributed by atoms with Gasteiger partial charge >= 0.3 is 0 Å². The first-order valence-corrected chi connectivity index (χ1v) is 11.2. The summed E-state index contributed by atoms with van der Waals surface area (Å²) in [6, 6.07) is 12.3. The standard InChI is InChI=1S/C24H22ClN7O3/c1-14-10-27-24(29-17-5-6-20-21(8-17)35-13-34-20)31-22(14)32-11-19(28-12-32)23(33)30-18(9-26)15-3-2-4-16(25)7-15/h2-8,10-12,18H,9,13,26H2,1H3,(H,30,33)(H,27,29,31)/t18-/m1/s1. The van der Waals surface area contributed by atoms with E-state index in [9.17, 15) is 4.79 Å². The van der Waals surface area contributed by atoms with Gasteiger partial charge in [0.25, 0.3) is 5.91 Å². The molecule has 0 aliphatic carbocycles. The second-order valence-corrected chi connectivity index (χ2v) is 8.31. The van der Waals surface area contributed by atoms with Crippen molar-refractivity contribution in [3.63, 3.8) is 0 Å². The number of aromatic nitrogens is 4. The van der Waals surface area contributed by atoms with Crippen molar-refractivity contribution < 1.29 is 14.3 Å². The monoisotopic (exact) mass is 491 g/mol. The van der Waals surface area contributed by atoms with Crippen LogP contribution in [0.15, 0.2) is 61.2 Å². The summed E-state index contributed by atoms with van der Waals surface area (Å²) in [6.45, 7) is 2.29. The molecule has 1 atom stereocenters. The molecule has 2 aromatic carbocycles. The highest BCUT2D eigenvalue weighted by Crippen LogP contribution is 2.34. The second-order valence-electron chi connectivity index (χ2n) is 7.88. The molecule has 1 amide bonds. The third kappa shape index (κ3) is 4.88. The zero-order chi connectivity index (χ0) is 24.4. The Morgan fingerprint density at radius 3 is 2.89 bits per heavy atom. The number of hydrogen-bond donors (Lipinski definition) is 3. The topological polar surface area (TPSA) is 129 Å². The lowest BCUT2D eigenvalue weighted by atomic mass is 10.1. The molecule has 10 nitrogen and oxygen atoms in total. The van der Waals surface area contributed by atoms with Crippen molar-refractivity contribution in [2.24, 2.45) is 5.73 Å². The van der Waals surface area contributed by atoms with Gasteiger partial charge in [0, 0.05) is 41.3 Å². The molecule has 0 bridgehead atoms. The zero-order valence-electron chi connectivity index (χ0n) is 18.7. The first kappa shape index (κ1) is 22.6. The van der Waals surface area contributed by atoms with Crippen LogP contribution in [0.25, 0.3) is 5.82 Å². The van der Waals surface area contributed by atoms with Crippen molar-refractivity contribution in [2.75, 3.05) is 18.7 Å². The smallest absolute Gasteiger partial charge is 0.272 e. The predicted molar refractivity (Wildman–Crippen MR) is 130 cm³/mol. The molecule has 0 saturated carbocycles. The molecule has 4 aromatic rings. The number of carbonyl (C=O) groups is 1. The minimum atomic E-state index is -0.398. The summed E-state index contributed by atoms with van der Waals surface area (Å²) in [4.78, 5) is 26.1. The van der Waals surface area contributed by atoms with Crippen LogP contribution in [0.4, 0.5) is 11.6 Å². The molecule has 0 fully saturated rings. The molecule has 1 aliphatic heterocycles. The Morgan fingerprint density at radius 1 is 1.20 bits per heavy atom. The summed E-state index contributed by atoms with van der Waals surface area (Å²) in [7, 11) is 0. The van der Waals surface area contributed by atoms with E-state index in [1.54, 1.807) is 29.1 Å².